The van der Waals surface area contributed by atoms with Crippen molar-refractivity contribution in [3.8, 4) is 0 Å². The normalized spacial score (nSPS) is 29.9. The molecule has 18 heavy (non-hydrogen) atoms. The molecule has 0 aromatic rings. The van der Waals surface area contributed by atoms with Crippen LogP contribution in [0.4, 0.5) is 0 Å². The Labute approximate surface area is 111 Å². The number of carbonyl (C=O) groups is 1. The van der Waals surface area contributed by atoms with Crippen LogP contribution in [0, 0.1) is 5.92 Å². The number of hydrogen-bond acceptors (Lipinski definition) is 4. The van der Waals surface area contributed by atoms with E-state index in [0.29, 0.717) is 25.1 Å². The predicted octanol–water partition coefficient (Wildman–Crippen LogP) is 1.78. The number of rotatable bonds is 5. The molecule has 0 aromatic heterocycles. The number of nitrogens with zero attached hydrogens (tertiary/aromatic N) is 1. The molecule has 0 saturated carbocycles. The van der Waals surface area contributed by atoms with Gasteiger partial charge in [-0.25, -0.2) is 0 Å². The minimum Gasteiger partial charge on any atom is -0.465 e. The Morgan fingerprint density at radius 1 is 1.56 bits per heavy atom. The Balaban J connectivity index is 2.58. The first-order chi connectivity index (χ1) is 8.27. The van der Waals surface area contributed by atoms with Crippen LogP contribution in [-0.2, 0) is 9.53 Å². The molecule has 106 valence electrons. The highest BCUT2D eigenvalue weighted by atomic mass is 16.5. The van der Waals surface area contributed by atoms with Gasteiger partial charge in [-0.3, -0.25) is 9.69 Å². The lowest BCUT2D eigenvalue weighted by Gasteiger charge is -2.33. The molecule has 1 aliphatic rings. The molecule has 1 fully saturated rings. The van der Waals surface area contributed by atoms with Crippen LogP contribution in [-0.4, -0.2) is 41.6 Å². The molecule has 1 saturated heterocycles. The van der Waals surface area contributed by atoms with Crippen LogP contribution in [0.15, 0.2) is 0 Å². The summed E-state index contributed by atoms with van der Waals surface area (Å²) in [6.45, 7) is 11.7. The maximum Gasteiger partial charge on any atom is 0.325 e. The Hall–Kier alpha value is -0.610. The molecule has 0 bridgehead atoms. The third-order valence-electron chi connectivity index (χ3n) is 3.86. The molecule has 4 nitrogen and oxygen atoms in total. The van der Waals surface area contributed by atoms with Crippen LogP contribution in [0.5, 0.6) is 0 Å². The van der Waals surface area contributed by atoms with Gasteiger partial charge in [-0.1, -0.05) is 6.92 Å². The SMILES string of the molecule is CCOC(=O)C(C)(N)CC(C)N1CC(C)CC1C. The van der Waals surface area contributed by atoms with E-state index < -0.39 is 5.54 Å². The highest BCUT2D eigenvalue weighted by Crippen LogP contribution is 2.27. The number of nitrogens with two attached hydrogens (primary N) is 1. The number of ether oxygens (including phenoxy) is 1. The van der Waals surface area contributed by atoms with Gasteiger partial charge in [0.05, 0.1) is 6.61 Å². The summed E-state index contributed by atoms with van der Waals surface area (Å²) in [5.74, 6) is 0.436. The molecule has 0 aliphatic carbocycles. The third kappa shape index (κ3) is 3.69. The maximum absolute atomic E-state index is 11.8. The molecule has 0 amide bonds. The van der Waals surface area contributed by atoms with Crippen LogP contribution in [0.1, 0.15) is 47.5 Å². The topological polar surface area (TPSA) is 55.6 Å². The van der Waals surface area contributed by atoms with Crippen molar-refractivity contribution < 1.29 is 9.53 Å². The molecule has 4 atom stereocenters. The van der Waals surface area contributed by atoms with Crippen LogP contribution >= 0.6 is 0 Å². The van der Waals surface area contributed by atoms with Crippen molar-refractivity contribution in [2.24, 2.45) is 11.7 Å². The zero-order valence-corrected chi connectivity index (χ0v) is 12.4. The van der Waals surface area contributed by atoms with Gasteiger partial charge < -0.3 is 10.5 Å². The number of likely N-dealkylation sites (tertiary alicyclic amines) is 1. The van der Waals surface area contributed by atoms with Crippen molar-refractivity contribution in [2.75, 3.05) is 13.2 Å². The van der Waals surface area contributed by atoms with Crippen LogP contribution < -0.4 is 5.73 Å². The minimum atomic E-state index is -0.888. The van der Waals surface area contributed by atoms with E-state index in [-0.39, 0.29) is 5.97 Å². The third-order valence-corrected chi connectivity index (χ3v) is 3.86. The van der Waals surface area contributed by atoms with Crippen molar-refractivity contribution in [1.29, 1.82) is 0 Å². The highest BCUT2D eigenvalue weighted by Gasteiger charge is 2.36. The maximum atomic E-state index is 11.8. The fourth-order valence-corrected chi connectivity index (χ4v) is 3.06. The quantitative estimate of drug-likeness (QED) is 0.762. The van der Waals surface area contributed by atoms with Gasteiger partial charge in [0.2, 0.25) is 0 Å². The van der Waals surface area contributed by atoms with Gasteiger partial charge >= 0.3 is 5.97 Å². The highest BCUT2D eigenvalue weighted by molar-refractivity contribution is 5.80. The summed E-state index contributed by atoms with van der Waals surface area (Å²) in [5, 5.41) is 0. The number of carbonyl (C=O) groups excluding carboxylic acids is 1. The minimum absolute atomic E-state index is 0.295. The zero-order valence-electron chi connectivity index (χ0n) is 12.4. The first-order valence-corrected chi connectivity index (χ1v) is 6.99. The van der Waals surface area contributed by atoms with Crippen LogP contribution in [0.25, 0.3) is 0 Å². The molecular formula is C14H28N2O2. The predicted molar refractivity (Wildman–Crippen MR) is 73.3 cm³/mol. The second kappa shape index (κ2) is 6.02. The summed E-state index contributed by atoms with van der Waals surface area (Å²) in [7, 11) is 0. The van der Waals surface area contributed by atoms with Crippen LogP contribution in [0.2, 0.25) is 0 Å². The van der Waals surface area contributed by atoms with E-state index in [1.807, 2.05) is 6.92 Å². The summed E-state index contributed by atoms with van der Waals surface area (Å²) in [4.78, 5) is 14.2. The summed E-state index contributed by atoms with van der Waals surface area (Å²) >= 11 is 0. The van der Waals surface area contributed by atoms with E-state index in [1.54, 1.807) is 6.92 Å². The van der Waals surface area contributed by atoms with Gasteiger partial charge in [0.25, 0.3) is 0 Å². The Morgan fingerprint density at radius 2 is 2.17 bits per heavy atom. The Morgan fingerprint density at radius 3 is 2.61 bits per heavy atom. The lowest BCUT2D eigenvalue weighted by Crippen LogP contribution is -2.51. The Kier molecular flexibility index (Phi) is 5.17. The molecule has 4 unspecified atom stereocenters. The second-order valence-electron chi connectivity index (χ2n) is 6.08. The van der Waals surface area contributed by atoms with Crippen molar-refractivity contribution in [3.05, 3.63) is 0 Å². The van der Waals surface area contributed by atoms with Gasteiger partial charge in [0, 0.05) is 18.6 Å². The molecule has 0 spiro atoms. The van der Waals surface area contributed by atoms with Gasteiger partial charge in [-0.05, 0) is 46.5 Å². The van der Waals surface area contributed by atoms with Gasteiger partial charge in [0.15, 0.2) is 0 Å². The van der Waals surface area contributed by atoms with Gasteiger partial charge in [0.1, 0.15) is 5.54 Å². The van der Waals surface area contributed by atoms with Crippen molar-refractivity contribution in [1.82, 2.24) is 4.90 Å². The Bertz CT molecular complexity index is 292. The van der Waals surface area contributed by atoms with Crippen molar-refractivity contribution >= 4 is 5.97 Å². The van der Waals surface area contributed by atoms with E-state index in [9.17, 15) is 4.79 Å². The average molecular weight is 256 g/mol. The smallest absolute Gasteiger partial charge is 0.325 e. The van der Waals surface area contributed by atoms with Crippen molar-refractivity contribution in [2.45, 2.75) is 65.1 Å². The van der Waals surface area contributed by atoms with Crippen molar-refractivity contribution in [3.63, 3.8) is 0 Å². The summed E-state index contributed by atoms with van der Waals surface area (Å²) < 4.78 is 5.04. The summed E-state index contributed by atoms with van der Waals surface area (Å²) in [6.07, 6.45) is 1.87. The standard InChI is InChI=1S/C14H28N2O2/c1-6-18-13(17)14(5,15)8-12(4)16-9-10(2)7-11(16)3/h10-12H,6-9,15H2,1-5H3. The lowest BCUT2D eigenvalue weighted by atomic mass is 9.94. The molecule has 0 aromatic carbocycles. The number of hydrogen-bond donors (Lipinski definition) is 1. The first-order valence-electron chi connectivity index (χ1n) is 6.99. The van der Waals surface area contributed by atoms with Gasteiger partial charge in [-0.15, -0.1) is 0 Å². The first kappa shape index (κ1) is 15.4. The zero-order chi connectivity index (χ0) is 13.9. The van der Waals surface area contributed by atoms with Crippen LogP contribution in [0.3, 0.4) is 0 Å². The fraction of sp³-hybridized carbons (Fsp3) is 0.929. The lowest BCUT2D eigenvalue weighted by molar-refractivity contribution is -0.149. The molecule has 4 heteroatoms. The summed E-state index contributed by atoms with van der Waals surface area (Å²) in [5.41, 5.74) is 5.21. The largest absolute Gasteiger partial charge is 0.465 e. The van der Waals surface area contributed by atoms with E-state index >= 15 is 0 Å². The van der Waals surface area contributed by atoms with Gasteiger partial charge in [-0.2, -0.15) is 0 Å². The van der Waals surface area contributed by atoms with E-state index in [1.165, 1.54) is 6.42 Å². The molecule has 1 rings (SSSR count). The monoisotopic (exact) mass is 256 g/mol. The molecular weight excluding hydrogens is 228 g/mol. The van der Waals surface area contributed by atoms with E-state index in [0.717, 1.165) is 12.5 Å². The molecule has 1 heterocycles. The molecule has 1 aliphatic heterocycles. The fourth-order valence-electron chi connectivity index (χ4n) is 3.06. The second-order valence-corrected chi connectivity index (χ2v) is 6.08. The van der Waals surface area contributed by atoms with E-state index in [2.05, 4.69) is 25.7 Å². The summed E-state index contributed by atoms with van der Waals surface area (Å²) in [6, 6.07) is 0.886. The number of esters is 1. The molecule has 2 N–H and O–H groups in total. The average Bonchev–Trinajstić information content (AvgIpc) is 2.57. The van der Waals surface area contributed by atoms with E-state index in [4.69, 9.17) is 10.5 Å². The molecule has 0 radical (unpaired) electrons.